The molecule has 0 aromatic heterocycles. The van der Waals surface area contributed by atoms with Crippen LogP contribution in [0.2, 0.25) is 0 Å². The molecular weight excluding hydrogens is 275 g/mol. The Kier molecular flexibility index (Phi) is 3.12. The fraction of sp³-hybridized carbons (Fsp3) is 0.533. The number of hydrogen-bond acceptors (Lipinski definition) is 2. The predicted molar refractivity (Wildman–Crippen MR) is 80.1 cm³/mol. The van der Waals surface area contributed by atoms with Crippen molar-refractivity contribution < 1.29 is 9.13 Å². The highest BCUT2D eigenvalue weighted by atomic mass is 32.1. The van der Waals surface area contributed by atoms with Crippen LogP contribution in [0.25, 0.3) is 0 Å². The van der Waals surface area contributed by atoms with Gasteiger partial charge in [0, 0.05) is 18.0 Å². The number of nitrogens with zero attached hydrogens (tertiary/aromatic N) is 1. The molecule has 0 spiro atoms. The maximum Gasteiger partial charge on any atom is 0.186 e. The third-order valence-electron chi connectivity index (χ3n) is 4.48. The van der Waals surface area contributed by atoms with Gasteiger partial charge in [0.15, 0.2) is 10.8 Å². The molecule has 0 aliphatic carbocycles. The molecule has 1 fully saturated rings. The van der Waals surface area contributed by atoms with E-state index in [0.29, 0.717) is 5.11 Å². The van der Waals surface area contributed by atoms with Crippen LogP contribution >= 0.6 is 12.2 Å². The molecule has 1 aromatic rings. The molecule has 5 heteroatoms. The highest BCUT2D eigenvalue weighted by Gasteiger charge is 2.52. The first-order chi connectivity index (χ1) is 9.47. The van der Waals surface area contributed by atoms with Gasteiger partial charge in [-0.05, 0) is 43.8 Å². The zero-order chi connectivity index (χ0) is 14.5. The summed E-state index contributed by atoms with van der Waals surface area (Å²) in [6, 6.07) is 4.69. The van der Waals surface area contributed by atoms with Crippen molar-refractivity contribution >= 4 is 17.3 Å². The third kappa shape index (κ3) is 1.79. The fourth-order valence-electron chi connectivity index (χ4n) is 3.21. The van der Waals surface area contributed by atoms with Gasteiger partial charge in [-0.15, -0.1) is 0 Å². The van der Waals surface area contributed by atoms with Crippen molar-refractivity contribution in [1.29, 1.82) is 0 Å². The first kappa shape index (κ1) is 13.6. The van der Waals surface area contributed by atoms with Crippen LogP contribution in [-0.2, 0) is 0 Å². The molecule has 2 aliphatic rings. The van der Waals surface area contributed by atoms with Crippen molar-refractivity contribution in [2.24, 2.45) is 5.92 Å². The van der Waals surface area contributed by atoms with Gasteiger partial charge in [-0.2, -0.15) is 0 Å². The Morgan fingerprint density at radius 1 is 1.50 bits per heavy atom. The Bertz CT molecular complexity index is 565. The highest BCUT2D eigenvalue weighted by molar-refractivity contribution is 7.80. The predicted octanol–water partition coefficient (Wildman–Crippen LogP) is 3.21. The Labute approximate surface area is 124 Å². The normalized spacial score (nSPS) is 31.4. The Morgan fingerprint density at radius 3 is 2.95 bits per heavy atom. The summed E-state index contributed by atoms with van der Waals surface area (Å²) in [6.45, 7) is 7.15. The molecule has 0 amide bonds. The van der Waals surface area contributed by atoms with Crippen molar-refractivity contribution in [3.63, 3.8) is 0 Å². The maximum absolute atomic E-state index is 13.5. The molecule has 2 heterocycles. The number of hydrogen-bond donors (Lipinski definition) is 1. The Balaban J connectivity index is 2.09. The molecule has 3 atom stereocenters. The standard InChI is InChI=1S/C15H19FN2OS/c1-4-7-18-14(20)17-13-9(2)15(18,3)19-12-6-5-10(16)8-11(12)13/h5-6,8-9,13H,4,7H2,1-3H3,(H,17,20). The lowest BCUT2D eigenvalue weighted by Crippen LogP contribution is -2.68. The van der Waals surface area contributed by atoms with Gasteiger partial charge in [-0.1, -0.05) is 13.8 Å². The number of ether oxygens (including phenoxy) is 1. The van der Waals surface area contributed by atoms with Crippen molar-refractivity contribution in [3.05, 3.63) is 29.6 Å². The van der Waals surface area contributed by atoms with E-state index in [1.54, 1.807) is 12.1 Å². The molecule has 1 saturated heterocycles. The molecule has 2 bridgehead atoms. The van der Waals surface area contributed by atoms with E-state index < -0.39 is 5.72 Å². The van der Waals surface area contributed by atoms with Crippen molar-refractivity contribution in [2.75, 3.05) is 6.54 Å². The first-order valence-corrected chi connectivity index (χ1v) is 7.44. The topological polar surface area (TPSA) is 24.5 Å². The highest BCUT2D eigenvalue weighted by Crippen LogP contribution is 2.47. The second-order valence-corrected chi connectivity index (χ2v) is 6.09. The largest absolute Gasteiger partial charge is 0.467 e. The lowest BCUT2D eigenvalue weighted by Gasteiger charge is -2.56. The number of rotatable bonds is 2. The average Bonchev–Trinajstić information content (AvgIpc) is 2.40. The summed E-state index contributed by atoms with van der Waals surface area (Å²) in [6.07, 6.45) is 0.994. The Morgan fingerprint density at radius 2 is 2.25 bits per heavy atom. The molecule has 1 aromatic carbocycles. The van der Waals surface area contributed by atoms with E-state index in [1.165, 1.54) is 6.07 Å². The average molecular weight is 294 g/mol. The smallest absolute Gasteiger partial charge is 0.186 e. The number of fused-ring (bicyclic) bond motifs is 4. The molecule has 3 unspecified atom stereocenters. The Hall–Kier alpha value is -1.36. The van der Waals surface area contributed by atoms with Crippen LogP contribution in [-0.4, -0.2) is 22.3 Å². The van der Waals surface area contributed by atoms with Crippen molar-refractivity contribution in [2.45, 2.75) is 39.0 Å². The van der Waals surface area contributed by atoms with Gasteiger partial charge in [0.05, 0.1) is 6.04 Å². The van der Waals surface area contributed by atoms with Gasteiger partial charge < -0.3 is 15.0 Å². The maximum atomic E-state index is 13.5. The van der Waals surface area contributed by atoms with Gasteiger partial charge in [0.1, 0.15) is 11.6 Å². The minimum absolute atomic E-state index is 0.0000520. The molecule has 3 rings (SSSR count). The molecular formula is C15H19FN2OS. The number of benzene rings is 1. The van der Waals surface area contributed by atoms with Gasteiger partial charge in [0.25, 0.3) is 0 Å². The summed E-state index contributed by atoms with van der Waals surface area (Å²) in [5.74, 6) is 0.676. The molecule has 2 aliphatic heterocycles. The van der Waals surface area contributed by atoms with Crippen LogP contribution in [0.15, 0.2) is 18.2 Å². The molecule has 3 nitrogen and oxygen atoms in total. The summed E-state index contributed by atoms with van der Waals surface area (Å²) >= 11 is 5.47. The van der Waals surface area contributed by atoms with E-state index in [0.717, 1.165) is 24.3 Å². The van der Waals surface area contributed by atoms with Crippen LogP contribution in [0.3, 0.4) is 0 Å². The zero-order valence-electron chi connectivity index (χ0n) is 11.9. The summed E-state index contributed by atoms with van der Waals surface area (Å²) < 4.78 is 19.7. The lowest BCUT2D eigenvalue weighted by molar-refractivity contribution is -0.110. The van der Waals surface area contributed by atoms with E-state index in [9.17, 15) is 4.39 Å². The third-order valence-corrected chi connectivity index (χ3v) is 4.81. The van der Waals surface area contributed by atoms with Crippen molar-refractivity contribution in [1.82, 2.24) is 10.2 Å². The molecule has 108 valence electrons. The second-order valence-electron chi connectivity index (χ2n) is 5.71. The van der Waals surface area contributed by atoms with Crippen LogP contribution in [0.4, 0.5) is 4.39 Å². The minimum atomic E-state index is -0.478. The minimum Gasteiger partial charge on any atom is -0.467 e. The molecule has 20 heavy (non-hydrogen) atoms. The summed E-state index contributed by atoms with van der Waals surface area (Å²) in [5.41, 5.74) is 0.377. The lowest BCUT2D eigenvalue weighted by atomic mass is 9.81. The fourth-order valence-corrected chi connectivity index (χ4v) is 3.61. The van der Waals surface area contributed by atoms with E-state index >= 15 is 0 Å². The quantitative estimate of drug-likeness (QED) is 0.847. The molecule has 0 radical (unpaired) electrons. The van der Waals surface area contributed by atoms with Gasteiger partial charge in [-0.3, -0.25) is 0 Å². The van der Waals surface area contributed by atoms with E-state index in [-0.39, 0.29) is 17.8 Å². The van der Waals surface area contributed by atoms with Gasteiger partial charge >= 0.3 is 0 Å². The number of halogens is 1. The van der Waals surface area contributed by atoms with Crippen LogP contribution in [0.1, 0.15) is 38.8 Å². The van der Waals surface area contributed by atoms with Crippen LogP contribution in [0.5, 0.6) is 5.75 Å². The zero-order valence-corrected chi connectivity index (χ0v) is 12.8. The SMILES string of the molecule is CCCN1C(=S)NC2c3cc(F)ccc3OC1(C)C2C. The van der Waals surface area contributed by atoms with E-state index in [2.05, 4.69) is 31.0 Å². The monoisotopic (exact) mass is 294 g/mol. The summed E-state index contributed by atoms with van der Waals surface area (Å²) in [7, 11) is 0. The molecule has 1 N–H and O–H groups in total. The second kappa shape index (κ2) is 4.58. The van der Waals surface area contributed by atoms with Crippen molar-refractivity contribution in [3.8, 4) is 5.75 Å². The summed E-state index contributed by atoms with van der Waals surface area (Å²) in [4.78, 5) is 2.11. The number of thiocarbonyl (C=S) groups is 1. The van der Waals surface area contributed by atoms with Gasteiger partial charge in [0.2, 0.25) is 0 Å². The summed E-state index contributed by atoms with van der Waals surface area (Å²) in [5, 5.41) is 4.04. The van der Waals surface area contributed by atoms with Crippen LogP contribution < -0.4 is 10.1 Å². The number of nitrogens with one attached hydrogen (secondary N) is 1. The van der Waals surface area contributed by atoms with Crippen LogP contribution in [0, 0.1) is 11.7 Å². The van der Waals surface area contributed by atoms with E-state index in [1.807, 2.05) is 0 Å². The van der Waals surface area contributed by atoms with E-state index in [4.69, 9.17) is 17.0 Å². The van der Waals surface area contributed by atoms with Gasteiger partial charge in [-0.25, -0.2) is 4.39 Å². The molecule has 0 saturated carbocycles. The first-order valence-electron chi connectivity index (χ1n) is 7.04.